The van der Waals surface area contributed by atoms with Gasteiger partial charge in [0.1, 0.15) is 10.5 Å². The molecule has 1 atom stereocenters. The summed E-state index contributed by atoms with van der Waals surface area (Å²) in [5.74, 6) is -0.0323. The summed E-state index contributed by atoms with van der Waals surface area (Å²) in [4.78, 5) is 32.2. The van der Waals surface area contributed by atoms with Crippen molar-refractivity contribution >= 4 is 50.0 Å². The zero-order valence-corrected chi connectivity index (χ0v) is 21.5. The van der Waals surface area contributed by atoms with E-state index < -0.39 is 5.60 Å². The molecule has 186 valence electrons. The highest BCUT2D eigenvalue weighted by Crippen LogP contribution is 2.41. The molecule has 2 aliphatic rings. The van der Waals surface area contributed by atoms with E-state index in [1.165, 1.54) is 11.3 Å². The molecule has 0 bridgehead atoms. The van der Waals surface area contributed by atoms with E-state index in [9.17, 15) is 9.59 Å². The number of anilines is 1. The summed E-state index contributed by atoms with van der Waals surface area (Å²) in [6.07, 6.45) is 3.50. The fraction of sp³-hybridized carbons (Fsp3) is 0.385. The number of thiophene rings is 1. The van der Waals surface area contributed by atoms with Crippen molar-refractivity contribution in [3.63, 3.8) is 0 Å². The standard InChI is InChI=1S/C26H28N6O3S/c1-14-9-27-22-21-17-5-6-18(30-19(17)7-8-20(21)36-23(22)24(33)29-14)15-10-28-32(11-15)16-12-31(13-16)25(34)35-26(2,3)4/h5-8,10-11,14,16,27H,9,12-13H2,1-4H3,(H,29,33)/t14-/m1/s1. The van der Waals surface area contributed by atoms with Crippen LogP contribution in [0.5, 0.6) is 0 Å². The number of nitrogens with zero attached hydrogens (tertiary/aromatic N) is 4. The Kier molecular flexibility index (Phi) is 5.18. The van der Waals surface area contributed by atoms with Crippen LogP contribution in [-0.2, 0) is 4.74 Å². The molecule has 2 aliphatic heterocycles. The highest BCUT2D eigenvalue weighted by molar-refractivity contribution is 7.21. The van der Waals surface area contributed by atoms with Crippen molar-refractivity contribution in [2.24, 2.45) is 0 Å². The summed E-state index contributed by atoms with van der Waals surface area (Å²) < 4.78 is 8.40. The third kappa shape index (κ3) is 3.95. The lowest BCUT2D eigenvalue weighted by molar-refractivity contribution is -0.000390. The van der Waals surface area contributed by atoms with Gasteiger partial charge in [-0.2, -0.15) is 5.10 Å². The van der Waals surface area contributed by atoms with Gasteiger partial charge < -0.3 is 20.3 Å². The van der Waals surface area contributed by atoms with E-state index in [-0.39, 0.29) is 24.1 Å². The Morgan fingerprint density at radius 3 is 2.78 bits per heavy atom. The first kappa shape index (κ1) is 22.8. The Morgan fingerprint density at radius 1 is 1.19 bits per heavy atom. The number of rotatable bonds is 2. The van der Waals surface area contributed by atoms with Crippen LogP contribution in [0.25, 0.3) is 32.2 Å². The van der Waals surface area contributed by atoms with Gasteiger partial charge in [0.15, 0.2) is 0 Å². The lowest BCUT2D eigenvalue weighted by atomic mass is 10.1. The summed E-state index contributed by atoms with van der Waals surface area (Å²) in [5, 5.41) is 13.1. The Balaban J connectivity index is 1.26. The number of carbonyl (C=O) groups excluding carboxylic acids is 2. The normalized spacial score (nSPS) is 18.4. The lowest BCUT2D eigenvalue weighted by Gasteiger charge is -2.39. The quantitative estimate of drug-likeness (QED) is 0.412. The summed E-state index contributed by atoms with van der Waals surface area (Å²) in [5.41, 5.74) is 3.01. The van der Waals surface area contributed by atoms with Crippen LogP contribution in [0.4, 0.5) is 10.5 Å². The largest absolute Gasteiger partial charge is 0.444 e. The zero-order chi connectivity index (χ0) is 25.2. The van der Waals surface area contributed by atoms with Crippen LogP contribution in [0.2, 0.25) is 0 Å². The molecule has 0 radical (unpaired) electrons. The maximum absolute atomic E-state index is 12.7. The van der Waals surface area contributed by atoms with Crippen molar-refractivity contribution in [1.82, 2.24) is 25.0 Å². The highest BCUT2D eigenvalue weighted by Gasteiger charge is 2.35. The average molecular weight is 505 g/mol. The minimum Gasteiger partial charge on any atom is -0.444 e. The van der Waals surface area contributed by atoms with E-state index >= 15 is 0 Å². The van der Waals surface area contributed by atoms with Gasteiger partial charge in [0.25, 0.3) is 5.91 Å². The van der Waals surface area contributed by atoms with E-state index in [2.05, 4.69) is 21.8 Å². The molecule has 1 fully saturated rings. The number of hydrogen-bond donors (Lipinski definition) is 2. The topological polar surface area (TPSA) is 101 Å². The molecular weight excluding hydrogens is 476 g/mol. The second kappa shape index (κ2) is 8.19. The van der Waals surface area contributed by atoms with E-state index in [1.807, 2.05) is 63.0 Å². The molecule has 3 aromatic heterocycles. The number of ether oxygens (including phenoxy) is 1. The minimum absolute atomic E-state index is 0.0323. The van der Waals surface area contributed by atoms with E-state index in [4.69, 9.17) is 9.72 Å². The third-order valence-corrected chi connectivity index (χ3v) is 7.63. The van der Waals surface area contributed by atoms with E-state index in [1.54, 1.807) is 4.90 Å². The van der Waals surface area contributed by atoms with Gasteiger partial charge in [0.2, 0.25) is 0 Å². The van der Waals surface area contributed by atoms with Crippen molar-refractivity contribution < 1.29 is 14.3 Å². The summed E-state index contributed by atoms with van der Waals surface area (Å²) in [7, 11) is 0. The maximum atomic E-state index is 12.7. The number of fused-ring (bicyclic) bond motifs is 5. The molecule has 9 nitrogen and oxygen atoms in total. The Bertz CT molecular complexity index is 1510. The molecule has 2 amide bonds. The molecule has 2 N–H and O–H groups in total. The van der Waals surface area contributed by atoms with Gasteiger partial charge in [-0.25, -0.2) is 9.78 Å². The summed E-state index contributed by atoms with van der Waals surface area (Å²) in [6.45, 7) is 9.42. The molecule has 0 spiro atoms. The monoisotopic (exact) mass is 504 g/mol. The molecule has 0 unspecified atom stereocenters. The zero-order valence-electron chi connectivity index (χ0n) is 20.7. The van der Waals surface area contributed by atoms with Crippen LogP contribution < -0.4 is 10.6 Å². The number of nitrogens with one attached hydrogen (secondary N) is 2. The molecule has 1 saturated heterocycles. The van der Waals surface area contributed by atoms with Crippen LogP contribution in [0.1, 0.15) is 43.4 Å². The van der Waals surface area contributed by atoms with Crippen molar-refractivity contribution in [1.29, 1.82) is 0 Å². The van der Waals surface area contributed by atoms with Crippen LogP contribution in [-0.4, -0.2) is 62.9 Å². The molecule has 6 rings (SSSR count). The van der Waals surface area contributed by atoms with Crippen molar-refractivity contribution in [2.45, 2.75) is 45.4 Å². The van der Waals surface area contributed by atoms with Crippen molar-refractivity contribution in [3.05, 3.63) is 41.5 Å². The van der Waals surface area contributed by atoms with Gasteiger partial charge in [0, 0.05) is 52.9 Å². The van der Waals surface area contributed by atoms with Gasteiger partial charge in [-0.1, -0.05) is 0 Å². The predicted octanol–water partition coefficient (Wildman–Crippen LogP) is 4.65. The van der Waals surface area contributed by atoms with Gasteiger partial charge in [-0.15, -0.1) is 11.3 Å². The Morgan fingerprint density at radius 2 is 2.00 bits per heavy atom. The van der Waals surface area contributed by atoms with Crippen LogP contribution in [0.3, 0.4) is 0 Å². The summed E-state index contributed by atoms with van der Waals surface area (Å²) >= 11 is 1.51. The number of amides is 2. The van der Waals surface area contributed by atoms with E-state index in [0.717, 1.165) is 37.9 Å². The second-order valence-corrected chi connectivity index (χ2v) is 11.6. The number of hydrogen-bond acceptors (Lipinski definition) is 7. The second-order valence-electron chi connectivity index (χ2n) is 10.5. The lowest BCUT2D eigenvalue weighted by Crippen LogP contribution is -2.52. The number of benzene rings is 1. The molecule has 1 aromatic carbocycles. The van der Waals surface area contributed by atoms with Gasteiger partial charge in [0.05, 0.1) is 29.1 Å². The molecular formula is C26H28N6O3S. The average Bonchev–Trinajstić information content (AvgIpc) is 3.37. The summed E-state index contributed by atoms with van der Waals surface area (Å²) in [6, 6.07) is 8.30. The fourth-order valence-corrected chi connectivity index (χ4v) is 5.75. The van der Waals surface area contributed by atoms with E-state index in [0.29, 0.717) is 24.5 Å². The Labute approximate surface area is 212 Å². The molecule has 0 saturated carbocycles. The first-order valence-electron chi connectivity index (χ1n) is 12.1. The molecule has 36 heavy (non-hydrogen) atoms. The van der Waals surface area contributed by atoms with Crippen molar-refractivity contribution in [2.75, 3.05) is 25.0 Å². The maximum Gasteiger partial charge on any atom is 0.410 e. The molecule has 4 aromatic rings. The van der Waals surface area contributed by atoms with Crippen LogP contribution >= 0.6 is 11.3 Å². The third-order valence-electron chi connectivity index (χ3n) is 6.48. The van der Waals surface area contributed by atoms with Crippen LogP contribution in [0.15, 0.2) is 36.7 Å². The number of carbonyl (C=O) groups is 2. The number of aromatic nitrogens is 3. The van der Waals surface area contributed by atoms with Gasteiger partial charge >= 0.3 is 6.09 Å². The molecule has 0 aliphatic carbocycles. The highest BCUT2D eigenvalue weighted by atomic mass is 32.1. The fourth-order valence-electron chi connectivity index (χ4n) is 4.65. The van der Waals surface area contributed by atoms with Crippen LogP contribution in [0, 0.1) is 0 Å². The minimum atomic E-state index is -0.503. The Hall–Kier alpha value is -3.66. The smallest absolute Gasteiger partial charge is 0.410 e. The number of likely N-dealkylation sites (tertiary alicyclic amines) is 1. The number of pyridine rings is 1. The first-order chi connectivity index (χ1) is 17.2. The van der Waals surface area contributed by atoms with Gasteiger partial charge in [-0.3, -0.25) is 9.48 Å². The molecule has 10 heteroatoms. The van der Waals surface area contributed by atoms with Gasteiger partial charge in [-0.05, 0) is 52.0 Å². The van der Waals surface area contributed by atoms with Crippen molar-refractivity contribution in [3.8, 4) is 11.3 Å². The SMILES string of the molecule is C[C@@H]1CNc2c(sc3ccc4nc(-c5cnn(C6CN(C(=O)OC(C)(C)C)C6)c5)ccc4c23)C(=O)N1. The predicted molar refractivity (Wildman–Crippen MR) is 141 cm³/mol. The first-order valence-corrected chi connectivity index (χ1v) is 12.9. The molecule has 5 heterocycles.